The van der Waals surface area contributed by atoms with Crippen molar-refractivity contribution in [3.05, 3.63) is 51.7 Å². The summed E-state index contributed by atoms with van der Waals surface area (Å²) >= 11 is 0. The Balaban J connectivity index is 2.06. The summed E-state index contributed by atoms with van der Waals surface area (Å²) in [4.78, 5) is 20.4. The minimum absolute atomic E-state index is 0.000783. The molecule has 0 bridgehead atoms. The quantitative estimate of drug-likeness (QED) is 0.635. The van der Waals surface area contributed by atoms with Gasteiger partial charge in [-0.1, -0.05) is 12.1 Å². The number of carboxylic acid groups (broad SMARTS) is 1. The fourth-order valence-corrected chi connectivity index (χ4v) is 1.47. The maximum Gasteiger partial charge on any atom is 0.312 e. The molecule has 1 N–H and O–H groups in total. The van der Waals surface area contributed by atoms with Crippen LogP contribution in [0.25, 0.3) is 0 Å². The molecule has 0 amide bonds. The first-order valence-electron chi connectivity index (χ1n) is 5.31. The highest BCUT2D eigenvalue weighted by Crippen LogP contribution is 2.14. The normalized spacial score (nSPS) is 10.3. The van der Waals surface area contributed by atoms with E-state index in [0.717, 1.165) is 5.56 Å². The second-order valence-corrected chi connectivity index (χ2v) is 3.76. The number of non-ortho nitro benzene ring substituents is 1. The first-order chi connectivity index (χ1) is 9.04. The van der Waals surface area contributed by atoms with E-state index in [1.807, 2.05) is 0 Å². The summed E-state index contributed by atoms with van der Waals surface area (Å²) in [6.07, 6.45) is -0.0299. The standard InChI is InChI=1S/C11H9N3O5/c15-11(16)6-10-13-12-9(19-10)5-7-1-3-8(4-2-7)14(17)18/h1-4H,5-6H2,(H,15,16). The van der Waals surface area contributed by atoms with Crippen LogP contribution in [0.3, 0.4) is 0 Å². The molecule has 1 heterocycles. The molecule has 8 nitrogen and oxygen atoms in total. The molecule has 8 heteroatoms. The average molecular weight is 263 g/mol. The van der Waals surface area contributed by atoms with Gasteiger partial charge >= 0.3 is 5.97 Å². The topological polar surface area (TPSA) is 119 Å². The highest BCUT2D eigenvalue weighted by atomic mass is 16.6. The molecule has 0 spiro atoms. The van der Waals surface area contributed by atoms with E-state index in [4.69, 9.17) is 9.52 Å². The molecule has 0 radical (unpaired) electrons. The highest BCUT2D eigenvalue weighted by Gasteiger charge is 2.11. The van der Waals surface area contributed by atoms with Crippen LogP contribution < -0.4 is 0 Å². The summed E-state index contributed by atoms with van der Waals surface area (Å²) in [7, 11) is 0. The molecule has 0 aliphatic heterocycles. The molecule has 2 aromatic rings. The maximum absolute atomic E-state index is 10.5. The molecule has 2 rings (SSSR count). The molecule has 0 atom stereocenters. The smallest absolute Gasteiger partial charge is 0.312 e. The van der Waals surface area contributed by atoms with Gasteiger partial charge in [-0.15, -0.1) is 10.2 Å². The summed E-state index contributed by atoms with van der Waals surface area (Å²) in [6.45, 7) is 0. The van der Waals surface area contributed by atoms with Crippen molar-refractivity contribution < 1.29 is 19.2 Å². The van der Waals surface area contributed by atoms with E-state index in [-0.39, 0.29) is 23.9 Å². The fourth-order valence-electron chi connectivity index (χ4n) is 1.47. The van der Waals surface area contributed by atoms with Crippen LogP contribution >= 0.6 is 0 Å². The Morgan fingerprint density at radius 2 is 1.89 bits per heavy atom. The number of nitrogens with zero attached hydrogens (tertiary/aromatic N) is 3. The molecule has 19 heavy (non-hydrogen) atoms. The Bertz CT molecular complexity index is 605. The van der Waals surface area contributed by atoms with Crippen molar-refractivity contribution in [2.45, 2.75) is 12.8 Å². The number of nitro groups is 1. The van der Waals surface area contributed by atoms with Crippen molar-refractivity contribution in [2.75, 3.05) is 0 Å². The predicted octanol–water partition coefficient (Wildman–Crippen LogP) is 1.20. The predicted molar refractivity (Wildman–Crippen MR) is 61.5 cm³/mol. The Hall–Kier alpha value is -2.77. The van der Waals surface area contributed by atoms with Gasteiger partial charge in [0, 0.05) is 12.1 Å². The summed E-state index contributed by atoms with van der Waals surface area (Å²) in [5.74, 6) is -0.750. The van der Waals surface area contributed by atoms with Gasteiger partial charge < -0.3 is 9.52 Å². The molecule has 0 unspecified atom stereocenters. The SMILES string of the molecule is O=C(O)Cc1nnc(Cc2ccc([N+](=O)[O-])cc2)o1. The van der Waals surface area contributed by atoms with E-state index in [2.05, 4.69) is 10.2 Å². The van der Waals surface area contributed by atoms with Gasteiger partial charge in [0.25, 0.3) is 5.69 Å². The first kappa shape index (κ1) is 12.7. The molecule has 0 aliphatic carbocycles. The number of rotatable bonds is 5. The molecule has 0 saturated heterocycles. The van der Waals surface area contributed by atoms with Crippen LogP contribution in [0, 0.1) is 10.1 Å². The Morgan fingerprint density at radius 1 is 1.26 bits per heavy atom. The van der Waals surface area contributed by atoms with E-state index in [9.17, 15) is 14.9 Å². The van der Waals surface area contributed by atoms with Gasteiger partial charge in [-0.2, -0.15) is 0 Å². The van der Waals surface area contributed by atoms with Crippen LogP contribution in [0.4, 0.5) is 5.69 Å². The number of carboxylic acids is 1. The maximum atomic E-state index is 10.5. The van der Waals surface area contributed by atoms with E-state index in [1.54, 1.807) is 12.1 Å². The molecular formula is C11H9N3O5. The Labute approximate surface area is 106 Å². The van der Waals surface area contributed by atoms with Gasteiger partial charge in [-0.25, -0.2) is 0 Å². The van der Waals surface area contributed by atoms with Crippen molar-refractivity contribution in [1.82, 2.24) is 10.2 Å². The number of hydrogen-bond donors (Lipinski definition) is 1. The van der Waals surface area contributed by atoms with Crippen molar-refractivity contribution in [3.8, 4) is 0 Å². The van der Waals surface area contributed by atoms with Crippen molar-refractivity contribution in [3.63, 3.8) is 0 Å². The zero-order valence-corrected chi connectivity index (χ0v) is 9.65. The van der Waals surface area contributed by atoms with Gasteiger partial charge in [-0.05, 0) is 5.56 Å². The second kappa shape index (κ2) is 5.25. The summed E-state index contributed by atoms with van der Waals surface area (Å²) in [6, 6.07) is 5.92. The van der Waals surface area contributed by atoms with E-state index >= 15 is 0 Å². The zero-order chi connectivity index (χ0) is 13.8. The second-order valence-electron chi connectivity index (χ2n) is 3.76. The average Bonchev–Trinajstić information content (AvgIpc) is 2.76. The van der Waals surface area contributed by atoms with Gasteiger partial charge in [0.05, 0.1) is 11.3 Å². The van der Waals surface area contributed by atoms with Crippen LogP contribution in [0.5, 0.6) is 0 Å². The van der Waals surface area contributed by atoms with E-state index in [0.29, 0.717) is 6.42 Å². The summed E-state index contributed by atoms with van der Waals surface area (Å²) in [5.41, 5.74) is 0.761. The Morgan fingerprint density at radius 3 is 2.47 bits per heavy atom. The largest absolute Gasteiger partial charge is 0.481 e. The van der Waals surface area contributed by atoms with Crippen molar-refractivity contribution in [2.24, 2.45) is 0 Å². The van der Waals surface area contributed by atoms with Crippen LogP contribution in [0.15, 0.2) is 28.7 Å². The lowest BCUT2D eigenvalue weighted by molar-refractivity contribution is -0.384. The minimum Gasteiger partial charge on any atom is -0.481 e. The fraction of sp³-hybridized carbons (Fsp3) is 0.182. The number of nitro benzene ring substituents is 1. The Kier molecular flexibility index (Phi) is 3.51. The third-order valence-electron chi connectivity index (χ3n) is 2.31. The van der Waals surface area contributed by atoms with Crippen LogP contribution in [-0.4, -0.2) is 26.2 Å². The van der Waals surface area contributed by atoms with Crippen LogP contribution in [-0.2, 0) is 17.6 Å². The number of carbonyl (C=O) groups is 1. The molecule has 1 aromatic heterocycles. The van der Waals surface area contributed by atoms with Gasteiger partial charge in [0.2, 0.25) is 11.8 Å². The molecule has 0 fully saturated rings. The van der Waals surface area contributed by atoms with Gasteiger partial charge in [0.15, 0.2) is 0 Å². The van der Waals surface area contributed by atoms with Crippen LogP contribution in [0.2, 0.25) is 0 Å². The third-order valence-corrected chi connectivity index (χ3v) is 2.31. The number of hydrogen-bond acceptors (Lipinski definition) is 6. The van der Waals surface area contributed by atoms with Crippen molar-refractivity contribution in [1.29, 1.82) is 0 Å². The number of benzene rings is 1. The molecule has 1 aromatic carbocycles. The van der Waals surface area contributed by atoms with Gasteiger partial charge in [0.1, 0.15) is 6.42 Å². The number of aliphatic carboxylic acids is 1. The number of aromatic nitrogens is 2. The first-order valence-corrected chi connectivity index (χ1v) is 5.31. The third kappa shape index (κ3) is 3.35. The van der Waals surface area contributed by atoms with Crippen molar-refractivity contribution >= 4 is 11.7 Å². The minimum atomic E-state index is -1.05. The molecule has 0 aliphatic rings. The molecule has 98 valence electrons. The van der Waals surface area contributed by atoms with E-state index in [1.165, 1.54) is 12.1 Å². The summed E-state index contributed by atoms with van der Waals surface area (Å²) < 4.78 is 5.14. The monoisotopic (exact) mass is 263 g/mol. The molecular weight excluding hydrogens is 254 g/mol. The lowest BCUT2D eigenvalue weighted by Crippen LogP contribution is -1.99. The van der Waals surface area contributed by atoms with Gasteiger partial charge in [-0.3, -0.25) is 14.9 Å². The van der Waals surface area contributed by atoms with E-state index < -0.39 is 10.9 Å². The lowest BCUT2D eigenvalue weighted by atomic mass is 10.1. The van der Waals surface area contributed by atoms with Crippen LogP contribution in [0.1, 0.15) is 17.3 Å². The molecule has 0 saturated carbocycles. The lowest BCUT2D eigenvalue weighted by Gasteiger charge is -1.96. The highest BCUT2D eigenvalue weighted by molar-refractivity contribution is 5.68. The summed E-state index contributed by atoms with van der Waals surface area (Å²) in [5, 5.41) is 26.3. The zero-order valence-electron chi connectivity index (χ0n) is 9.65.